The number of nitrogens with zero attached hydrogens (tertiary/aromatic N) is 2. The fourth-order valence-electron chi connectivity index (χ4n) is 2.47. The number of carbonyl (C=O) groups excluding carboxylic acids is 1. The van der Waals surface area contributed by atoms with Crippen LogP contribution in [-0.2, 0) is 19.5 Å². The predicted octanol–water partition coefficient (Wildman–Crippen LogP) is 3.32. The second-order valence-electron chi connectivity index (χ2n) is 5.17. The third kappa shape index (κ3) is 3.81. The van der Waals surface area contributed by atoms with E-state index < -0.39 is 0 Å². The van der Waals surface area contributed by atoms with Gasteiger partial charge in [0.05, 0.1) is 19.3 Å². The Balaban J connectivity index is 1.61. The molecule has 0 radical (unpaired) electrons. The monoisotopic (exact) mass is 399 g/mol. The lowest BCUT2D eigenvalue weighted by Crippen LogP contribution is -2.42. The van der Waals surface area contributed by atoms with Gasteiger partial charge in [-0.1, -0.05) is 0 Å². The molecule has 1 N–H and O–H groups in total. The van der Waals surface area contributed by atoms with Gasteiger partial charge < -0.3 is 15.0 Å². The highest BCUT2D eigenvalue weighted by molar-refractivity contribution is 9.11. The van der Waals surface area contributed by atoms with Crippen molar-refractivity contribution in [2.45, 2.75) is 19.5 Å². The van der Waals surface area contributed by atoms with Crippen molar-refractivity contribution in [3.8, 4) is 5.75 Å². The predicted molar refractivity (Wildman–Crippen MR) is 89.1 cm³/mol. The second-order valence-corrected chi connectivity index (χ2v) is 7.53. The first-order valence-corrected chi connectivity index (χ1v) is 8.66. The molecular weight excluding hydrogens is 385 g/mol. The molecule has 1 aliphatic heterocycles. The maximum absolute atomic E-state index is 13.4. The normalized spacial score (nSPS) is 13.6. The molecule has 0 aliphatic carbocycles. The van der Waals surface area contributed by atoms with Crippen LogP contribution in [0.5, 0.6) is 5.75 Å². The minimum absolute atomic E-state index is 0.164. The van der Waals surface area contributed by atoms with Crippen LogP contribution in [0.25, 0.3) is 0 Å². The summed E-state index contributed by atoms with van der Waals surface area (Å²) in [6.07, 6.45) is 0.749. The molecule has 23 heavy (non-hydrogen) atoms. The highest BCUT2D eigenvalue weighted by atomic mass is 79.9. The van der Waals surface area contributed by atoms with Gasteiger partial charge in [-0.2, -0.15) is 0 Å². The summed E-state index contributed by atoms with van der Waals surface area (Å²) in [5.41, 5.74) is 1.72. The minimum Gasteiger partial charge on any atom is -0.497 e. The molecule has 1 aromatic heterocycles. The summed E-state index contributed by atoms with van der Waals surface area (Å²) in [6, 6.07) is 4.23. The van der Waals surface area contributed by atoms with Gasteiger partial charge in [-0.25, -0.2) is 14.2 Å². The van der Waals surface area contributed by atoms with Crippen LogP contribution in [0.2, 0.25) is 0 Å². The van der Waals surface area contributed by atoms with Crippen molar-refractivity contribution in [3.05, 3.63) is 44.1 Å². The number of benzene rings is 1. The maximum Gasteiger partial charge on any atom is 0.318 e. The van der Waals surface area contributed by atoms with Crippen molar-refractivity contribution in [2.24, 2.45) is 0 Å². The number of amides is 2. The zero-order chi connectivity index (χ0) is 16.4. The molecule has 0 saturated carbocycles. The molecule has 0 atom stereocenters. The zero-order valence-corrected chi connectivity index (χ0v) is 14.8. The fraction of sp³-hybridized carbons (Fsp3) is 0.333. The molecule has 3 rings (SSSR count). The molecule has 2 aromatic rings. The number of rotatable bonds is 3. The van der Waals surface area contributed by atoms with E-state index >= 15 is 0 Å². The number of hydrogen-bond acceptors (Lipinski definition) is 4. The van der Waals surface area contributed by atoms with Crippen LogP contribution in [0.1, 0.15) is 16.1 Å². The Hall–Kier alpha value is -1.67. The third-order valence-corrected chi connectivity index (χ3v) is 5.14. The minimum atomic E-state index is -0.384. The van der Waals surface area contributed by atoms with Crippen molar-refractivity contribution in [2.75, 3.05) is 13.7 Å². The van der Waals surface area contributed by atoms with Gasteiger partial charge in [0.2, 0.25) is 0 Å². The van der Waals surface area contributed by atoms with Crippen LogP contribution in [0, 0.1) is 5.82 Å². The summed E-state index contributed by atoms with van der Waals surface area (Å²) in [6.45, 7) is 1.43. The molecule has 0 bridgehead atoms. The maximum atomic E-state index is 13.4. The van der Waals surface area contributed by atoms with Gasteiger partial charge in [0.1, 0.15) is 11.6 Å². The molecule has 0 unspecified atom stereocenters. The molecule has 0 fully saturated rings. The first-order chi connectivity index (χ1) is 11.0. The summed E-state index contributed by atoms with van der Waals surface area (Å²) in [5.74, 6) is 0.0529. The first-order valence-electron chi connectivity index (χ1n) is 7.05. The summed E-state index contributed by atoms with van der Waals surface area (Å²) in [7, 11) is 1.48. The van der Waals surface area contributed by atoms with Gasteiger partial charge in [-0.3, -0.25) is 0 Å². The standard InChI is InChI=1S/C15H15BrFN3O2S/c1-22-11-5-9(4-10(17)6-11)7-18-15(21)20-3-2-12-13(8-20)23-14(16)19-12/h4-6H,2-3,7-8H2,1H3,(H,18,21). The lowest BCUT2D eigenvalue weighted by atomic mass is 10.2. The quantitative estimate of drug-likeness (QED) is 0.860. The van der Waals surface area contributed by atoms with Gasteiger partial charge in [0.25, 0.3) is 0 Å². The Bertz CT molecular complexity index is 738. The van der Waals surface area contributed by atoms with E-state index in [1.54, 1.807) is 22.3 Å². The Morgan fingerprint density at radius 2 is 2.35 bits per heavy atom. The average Bonchev–Trinajstić information content (AvgIpc) is 2.91. The SMILES string of the molecule is COc1cc(F)cc(CNC(=O)N2CCc3nc(Br)sc3C2)c1. The lowest BCUT2D eigenvalue weighted by molar-refractivity contribution is 0.192. The molecule has 0 saturated heterocycles. The number of thiazole rings is 1. The summed E-state index contributed by atoms with van der Waals surface area (Å²) >= 11 is 4.92. The molecule has 122 valence electrons. The van der Waals surface area contributed by atoms with Gasteiger partial charge >= 0.3 is 6.03 Å². The van der Waals surface area contributed by atoms with Crippen LogP contribution in [0.15, 0.2) is 22.1 Å². The summed E-state index contributed by atoms with van der Waals surface area (Å²) in [5, 5.41) is 2.82. The highest BCUT2D eigenvalue weighted by Crippen LogP contribution is 2.28. The van der Waals surface area contributed by atoms with E-state index in [9.17, 15) is 9.18 Å². The topological polar surface area (TPSA) is 54.5 Å². The van der Waals surface area contributed by atoms with Crippen LogP contribution in [0.4, 0.5) is 9.18 Å². The fourth-order valence-corrected chi connectivity index (χ4v) is 4.11. The van der Waals surface area contributed by atoms with E-state index in [4.69, 9.17) is 4.74 Å². The number of nitrogens with one attached hydrogen (secondary N) is 1. The van der Waals surface area contributed by atoms with Gasteiger partial charge in [-0.05, 0) is 33.6 Å². The van der Waals surface area contributed by atoms with Crippen LogP contribution < -0.4 is 10.1 Å². The van der Waals surface area contributed by atoms with Gasteiger partial charge in [-0.15, -0.1) is 11.3 Å². The van der Waals surface area contributed by atoms with Crippen molar-refractivity contribution in [1.82, 2.24) is 15.2 Å². The molecule has 8 heteroatoms. The van der Waals surface area contributed by atoms with Gasteiger partial charge in [0, 0.05) is 30.5 Å². The average molecular weight is 400 g/mol. The summed E-state index contributed by atoms with van der Waals surface area (Å²) < 4.78 is 19.3. The third-order valence-electron chi connectivity index (χ3n) is 3.60. The summed E-state index contributed by atoms with van der Waals surface area (Å²) in [4.78, 5) is 19.5. The largest absolute Gasteiger partial charge is 0.497 e. The number of aromatic nitrogens is 1. The Labute approximate surface area is 145 Å². The number of hydrogen-bond donors (Lipinski definition) is 1. The van der Waals surface area contributed by atoms with Crippen LogP contribution >= 0.6 is 27.3 Å². The number of halogens is 2. The van der Waals surface area contributed by atoms with Crippen molar-refractivity contribution in [1.29, 1.82) is 0 Å². The van der Waals surface area contributed by atoms with Crippen molar-refractivity contribution >= 4 is 33.3 Å². The first kappa shape index (κ1) is 16.2. The molecule has 2 heterocycles. The Morgan fingerprint density at radius 1 is 1.52 bits per heavy atom. The number of methoxy groups -OCH3 is 1. The van der Waals surface area contributed by atoms with E-state index in [1.807, 2.05) is 0 Å². The molecular formula is C15H15BrFN3O2S. The molecule has 5 nitrogen and oxygen atoms in total. The van der Waals surface area contributed by atoms with Gasteiger partial charge in [0.15, 0.2) is 3.92 Å². The van der Waals surface area contributed by atoms with Crippen molar-refractivity contribution in [3.63, 3.8) is 0 Å². The highest BCUT2D eigenvalue weighted by Gasteiger charge is 2.23. The number of ether oxygens (including phenoxy) is 1. The van der Waals surface area contributed by atoms with E-state index in [0.29, 0.717) is 24.4 Å². The van der Waals surface area contributed by atoms with Crippen molar-refractivity contribution < 1.29 is 13.9 Å². The van der Waals surface area contributed by atoms with E-state index in [2.05, 4.69) is 26.2 Å². The van der Waals surface area contributed by atoms with E-state index in [1.165, 1.54) is 19.2 Å². The molecule has 2 amide bonds. The second kappa shape index (κ2) is 6.84. The smallest absolute Gasteiger partial charge is 0.318 e. The number of urea groups is 1. The van der Waals surface area contributed by atoms with Crippen LogP contribution in [0.3, 0.4) is 0 Å². The zero-order valence-electron chi connectivity index (χ0n) is 12.4. The molecule has 1 aromatic carbocycles. The van der Waals surface area contributed by atoms with E-state index in [-0.39, 0.29) is 18.4 Å². The molecule has 0 spiro atoms. The number of fused-ring (bicyclic) bond motifs is 1. The molecule has 1 aliphatic rings. The van der Waals surface area contributed by atoms with Crippen LogP contribution in [-0.4, -0.2) is 29.6 Å². The number of carbonyl (C=O) groups is 1. The Morgan fingerprint density at radius 3 is 3.13 bits per heavy atom. The van der Waals surface area contributed by atoms with E-state index in [0.717, 1.165) is 20.9 Å². The Kier molecular flexibility index (Phi) is 4.82. The lowest BCUT2D eigenvalue weighted by Gasteiger charge is -2.26.